The van der Waals surface area contributed by atoms with Crippen molar-refractivity contribution < 1.29 is 39.7 Å². The van der Waals surface area contributed by atoms with E-state index < -0.39 is 42.8 Å². The van der Waals surface area contributed by atoms with Gasteiger partial charge in [-0.2, -0.15) is 21.6 Å². The summed E-state index contributed by atoms with van der Waals surface area (Å²) in [6, 6.07) is 0. The predicted molar refractivity (Wildman–Crippen MR) is 86.0 cm³/mol. The maximum absolute atomic E-state index is 12.4. The fourth-order valence-corrected chi connectivity index (χ4v) is 4.11. The topological polar surface area (TPSA) is 74.4 Å². The lowest BCUT2D eigenvalue weighted by molar-refractivity contribution is -0.0625. The van der Waals surface area contributed by atoms with Crippen molar-refractivity contribution in [3.63, 3.8) is 0 Å². The Morgan fingerprint density at radius 1 is 1.16 bits per heavy atom. The number of ether oxygens (including phenoxy) is 2. The molecule has 0 radical (unpaired) electrons. The van der Waals surface area contributed by atoms with Gasteiger partial charge in [-0.3, -0.25) is 4.18 Å². The first-order chi connectivity index (χ1) is 11.1. The summed E-state index contributed by atoms with van der Waals surface area (Å²) < 4.78 is 80.9. The van der Waals surface area contributed by atoms with Gasteiger partial charge in [-0.1, -0.05) is 20.8 Å². The van der Waals surface area contributed by atoms with Crippen molar-refractivity contribution in [1.29, 1.82) is 0 Å². The summed E-state index contributed by atoms with van der Waals surface area (Å²) in [6.45, 7) is 9.93. The molecule has 25 heavy (non-hydrogen) atoms. The number of halogens is 3. The van der Waals surface area contributed by atoms with Crippen molar-refractivity contribution >= 4 is 18.4 Å². The van der Waals surface area contributed by atoms with Gasteiger partial charge in [-0.15, -0.1) is 0 Å². The van der Waals surface area contributed by atoms with Gasteiger partial charge in [0.25, 0.3) is 0 Å². The molecule has 2 rings (SSSR count). The fourth-order valence-electron chi connectivity index (χ4n) is 2.31. The Kier molecular flexibility index (Phi) is 5.70. The highest BCUT2D eigenvalue weighted by molar-refractivity contribution is 7.87. The van der Waals surface area contributed by atoms with Gasteiger partial charge in [0.2, 0.25) is 0 Å². The van der Waals surface area contributed by atoms with Crippen molar-refractivity contribution in [2.45, 2.75) is 75.2 Å². The van der Waals surface area contributed by atoms with Gasteiger partial charge < -0.3 is 13.9 Å². The van der Waals surface area contributed by atoms with Gasteiger partial charge in [-0.25, -0.2) is 0 Å². The number of rotatable bonds is 6. The molecule has 0 spiro atoms. The summed E-state index contributed by atoms with van der Waals surface area (Å²) in [6.07, 6.45) is -1.41. The van der Waals surface area contributed by atoms with Crippen LogP contribution in [-0.2, 0) is 28.2 Å². The summed E-state index contributed by atoms with van der Waals surface area (Å²) in [4.78, 5) is 0. The first-order valence-corrected chi connectivity index (χ1v) is 12.4. The Balaban J connectivity index is 2.07. The van der Waals surface area contributed by atoms with Crippen LogP contribution in [0.1, 0.15) is 27.2 Å². The van der Waals surface area contributed by atoms with Crippen LogP contribution in [0.25, 0.3) is 0 Å². The lowest BCUT2D eigenvalue weighted by Crippen LogP contribution is -2.47. The molecular formula is C14H25F3O6SSi. The maximum atomic E-state index is 12.4. The lowest BCUT2D eigenvalue weighted by Gasteiger charge is -2.39. The molecule has 0 unspecified atom stereocenters. The van der Waals surface area contributed by atoms with E-state index >= 15 is 0 Å². The number of epoxide rings is 1. The van der Waals surface area contributed by atoms with Crippen molar-refractivity contribution in [1.82, 2.24) is 0 Å². The van der Waals surface area contributed by atoms with Crippen molar-refractivity contribution in [3.05, 3.63) is 0 Å². The Hall–Kier alpha value is -0.203. The van der Waals surface area contributed by atoms with Gasteiger partial charge in [-0.05, 0) is 18.1 Å². The van der Waals surface area contributed by atoms with Gasteiger partial charge in [0.15, 0.2) is 8.32 Å². The zero-order valence-electron chi connectivity index (χ0n) is 14.9. The van der Waals surface area contributed by atoms with Crippen LogP contribution in [0.4, 0.5) is 13.2 Å². The average Bonchev–Trinajstić information content (AvgIpc) is 3.17. The van der Waals surface area contributed by atoms with Crippen LogP contribution in [0.15, 0.2) is 0 Å². The molecule has 4 atom stereocenters. The van der Waals surface area contributed by atoms with Crippen LogP contribution in [0.3, 0.4) is 0 Å². The molecule has 6 nitrogen and oxygen atoms in total. The molecule has 0 aromatic carbocycles. The van der Waals surface area contributed by atoms with Crippen LogP contribution in [-0.4, -0.2) is 59.9 Å². The lowest BCUT2D eigenvalue weighted by atomic mass is 10.1. The van der Waals surface area contributed by atoms with Crippen LogP contribution < -0.4 is 0 Å². The highest BCUT2D eigenvalue weighted by Gasteiger charge is 2.51. The van der Waals surface area contributed by atoms with E-state index in [1.807, 2.05) is 33.9 Å². The SMILES string of the molecule is CC(C)(C)[Si](C)(C)O[C@H]1C[C@@H]([C@H]2CO2)O[C@H]1COS(=O)(=O)C(F)(F)F. The third-order valence-electron chi connectivity index (χ3n) is 4.93. The summed E-state index contributed by atoms with van der Waals surface area (Å²) in [5, 5.41) is -0.107. The van der Waals surface area contributed by atoms with Crippen LogP contribution in [0, 0.1) is 0 Å². The monoisotopic (exact) mass is 406 g/mol. The van der Waals surface area contributed by atoms with E-state index in [9.17, 15) is 21.6 Å². The highest BCUT2D eigenvalue weighted by atomic mass is 32.2. The summed E-state index contributed by atoms with van der Waals surface area (Å²) in [5.41, 5.74) is -5.46. The third-order valence-corrected chi connectivity index (χ3v) is 10.4. The van der Waals surface area contributed by atoms with Crippen molar-refractivity contribution in [2.75, 3.05) is 13.2 Å². The second kappa shape index (κ2) is 6.75. The van der Waals surface area contributed by atoms with Crippen LogP contribution >= 0.6 is 0 Å². The Morgan fingerprint density at radius 2 is 1.72 bits per heavy atom. The number of hydrogen-bond donors (Lipinski definition) is 0. The summed E-state index contributed by atoms with van der Waals surface area (Å²) in [7, 11) is -7.87. The fraction of sp³-hybridized carbons (Fsp3) is 1.00. The number of hydrogen-bond acceptors (Lipinski definition) is 6. The molecular weight excluding hydrogens is 381 g/mol. The third kappa shape index (κ3) is 4.95. The van der Waals surface area contributed by atoms with Crippen LogP contribution in [0.2, 0.25) is 18.1 Å². The van der Waals surface area contributed by atoms with E-state index in [0.29, 0.717) is 13.0 Å². The normalized spacial score (nSPS) is 31.4. The molecule has 2 aliphatic rings. The van der Waals surface area contributed by atoms with E-state index in [1.54, 1.807) is 0 Å². The molecule has 0 amide bonds. The molecule has 0 N–H and O–H groups in total. The Bertz CT molecular complexity index is 582. The minimum atomic E-state index is -5.66. The molecule has 0 saturated carbocycles. The standard InChI is InChI=1S/C14H25F3O6SSi/c1-13(2,3)25(4,5)23-10-6-9(11-7-20-11)22-12(10)8-21-24(18,19)14(15,16)17/h9-12H,6-8H2,1-5H3/t9-,10-,11+,12-/m0/s1. The summed E-state index contributed by atoms with van der Waals surface area (Å²) in [5.74, 6) is 0. The molecule has 2 fully saturated rings. The zero-order chi connectivity index (χ0) is 19.3. The average molecular weight is 406 g/mol. The summed E-state index contributed by atoms with van der Waals surface area (Å²) >= 11 is 0. The van der Waals surface area contributed by atoms with Crippen molar-refractivity contribution in [2.24, 2.45) is 0 Å². The van der Waals surface area contributed by atoms with Gasteiger partial charge in [0.1, 0.15) is 12.2 Å². The van der Waals surface area contributed by atoms with Gasteiger partial charge in [0, 0.05) is 6.42 Å². The smallest absolute Gasteiger partial charge is 0.411 e. The Morgan fingerprint density at radius 3 is 2.16 bits per heavy atom. The molecule has 148 valence electrons. The van der Waals surface area contributed by atoms with E-state index in [2.05, 4.69) is 4.18 Å². The minimum Gasteiger partial charge on any atom is -0.411 e. The first-order valence-electron chi connectivity index (χ1n) is 8.05. The zero-order valence-corrected chi connectivity index (χ0v) is 16.7. The largest absolute Gasteiger partial charge is 0.523 e. The quantitative estimate of drug-likeness (QED) is 0.292. The first kappa shape index (κ1) is 21.1. The molecule has 0 bridgehead atoms. The second-order valence-electron chi connectivity index (χ2n) is 7.92. The number of alkyl halides is 3. The van der Waals surface area contributed by atoms with Crippen molar-refractivity contribution in [3.8, 4) is 0 Å². The van der Waals surface area contributed by atoms with Gasteiger partial charge in [0.05, 0.1) is 25.4 Å². The Labute approximate surface area is 147 Å². The second-order valence-corrected chi connectivity index (χ2v) is 14.3. The molecule has 2 heterocycles. The maximum Gasteiger partial charge on any atom is 0.523 e. The molecule has 0 aromatic rings. The van der Waals surface area contributed by atoms with E-state index in [1.165, 1.54) is 0 Å². The molecule has 2 saturated heterocycles. The predicted octanol–water partition coefficient (Wildman–Crippen LogP) is 2.80. The molecule has 0 aromatic heterocycles. The van der Waals surface area contributed by atoms with E-state index in [4.69, 9.17) is 13.9 Å². The molecule has 2 aliphatic heterocycles. The minimum absolute atomic E-state index is 0.107. The van der Waals surface area contributed by atoms with Gasteiger partial charge >= 0.3 is 15.6 Å². The van der Waals surface area contributed by atoms with E-state index in [-0.39, 0.29) is 17.2 Å². The van der Waals surface area contributed by atoms with E-state index in [0.717, 1.165) is 0 Å². The molecule has 11 heteroatoms. The highest BCUT2D eigenvalue weighted by Crippen LogP contribution is 2.41. The van der Waals surface area contributed by atoms with Crippen LogP contribution in [0.5, 0.6) is 0 Å². The molecule has 0 aliphatic carbocycles.